The summed E-state index contributed by atoms with van der Waals surface area (Å²) in [5.41, 5.74) is 0.831. The molecule has 0 saturated carbocycles. The molecular formula is C21H32Li2N3O5S-3. The number of sulfone groups is 1. The van der Waals surface area contributed by atoms with Crippen molar-refractivity contribution in [2.24, 2.45) is 0 Å². The van der Waals surface area contributed by atoms with E-state index in [1.807, 2.05) is 6.92 Å². The maximum absolute atomic E-state index is 10.5. The van der Waals surface area contributed by atoms with Gasteiger partial charge in [0.1, 0.15) is 9.84 Å². The van der Waals surface area contributed by atoms with Gasteiger partial charge in [-0.3, -0.25) is 0 Å². The van der Waals surface area contributed by atoms with Gasteiger partial charge in [-0.2, -0.15) is 22.7 Å². The average molecular weight is 452 g/mol. The molecule has 0 aliphatic carbocycles. The van der Waals surface area contributed by atoms with E-state index in [-0.39, 0.29) is 60.5 Å². The molecule has 0 spiro atoms. The van der Waals surface area contributed by atoms with Crippen LogP contribution in [0.5, 0.6) is 0 Å². The molecule has 0 bridgehead atoms. The minimum absolute atomic E-state index is 0. The molecule has 0 amide bonds. The molecule has 1 aliphatic heterocycles. The maximum atomic E-state index is 10.5. The van der Waals surface area contributed by atoms with Crippen LogP contribution in [0, 0.1) is 19.8 Å². The third-order valence-corrected chi connectivity index (χ3v) is 5.22. The van der Waals surface area contributed by atoms with Crippen LogP contribution >= 0.6 is 0 Å². The zero-order chi connectivity index (χ0) is 23.0. The molecule has 0 atom stereocenters. The van der Waals surface area contributed by atoms with Crippen LogP contribution < -0.4 is 42.6 Å². The first kappa shape index (κ1) is 35.7. The predicted molar refractivity (Wildman–Crippen MR) is 118 cm³/mol. The van der Waals surface area contributed by atoms with Crippen molar-refractivity contribution in [2.45, 2.75) is 52.6 Å². The zero-order valence-electron chi connectivity index (χ0n) is 20.3. The second-order valence-electron chi connectivity index (χ2n) is 7.40. The molecule has 1 saturated heterocycles. The molecule has 0 unspecified atom stereocenters. The third kappa shape index (κ3) is 18.7. The Labute approximate surface area is 217 Å². The molecule has 32 heavy (non-hydrogen) atoms. The first-order valence-corrected chi connectivity index (χ1v) is 11.5. The number of rotatable bonds is 6. The molecule has 11 heteroatoms. The molecule has 0 N–H and O–H groups in total. The van der Waals surface area contributed by atoms with Crippen LogP contribution in [0.1, 0.15) is 52.7 Å². The van der Waals surface area contributed by atoms with E-state index in [1.54, 1.807) is 39.3 Å². The average Bonchev–Trinajstić information content (AvgIpc) is 2.98. The second kappa shape index (κ2) is 19.6. The summed E-state index contributed by atoms with van der Waals surface area (Å²) < 4.78 is 25.5. The monoisotopic (exact) mass is 452 g/mol. The quantitative estimate of drug-likeness (QED) is 0.323. The van der Waals surface area contributed by atoms with Gasteiger partial charge in [0.2, 0.25) is 0 Å². The molecule has 1 aromatic rings. The molecule has 2 rings (SSSR count). The topological polar surface area (TPSA) is 107 Å². The number of hydrogen-bond acceptors (Lipinski definition) is 8. The van der Waals surface area contributed by atoms with Crippen LogP contribution in [-0.2, 0) is 24.2 Å². The van der Waals surface area contributed by atoms with Crippen LogP contribution in [0.25, 0.3) is 0 Å². The summed E-state index contributed by atoms with van der Waals surface area (Å²) in [6.45, 7) is 13.7. The molecule has 1 fully saturated rings. The molecule has 0 radical (unpaired) electrons. The second-order valence-corrected chi connectivity index (χ2v) is 9.70. The van der Waals surface area contributed by atoms with E-state index in [0.717, 1.165) is 31.6 Å². The smallest absolute Gasteiger partial charge is 0.649 e. The van der Waals surface area contributed by atoms with Gasteiger partial charge in [-0.15, -0.1) is 6.54 Å². The van der Waals surface area contributed by atoms with E-state index in [9.17, 15) is 18.0 Å². The van der Waals surface area contributed by atoms with Crippen molar-refractivity contribution in [3.63, 3.8) is 0 Å². The van der Waals surface area contributed by atoms with Crippen molar-refractivity contribution in [3.8, 4) is 0 Å². The van der Waals surface area contributed by atoms with E-state index in [2.05, 4.69) is 39.6 Å². The summed E-state index contributed by atoms with van der Waals surface area (Å²) >= 11 is 0. The first-order valence-electron chi connectivity index (χ1n) is 9.72. The molecule has 2 heterocycles. The minimum Gasteiger partial charge on any atom is -0.649 e. The van der Waals surface area contributed by atoms with Gasteiger partial charge in [-0.1, -0.05) is 19.1 Å². The Kier molecular flexibility index (Phi) is 21.9. The summed E-state index contributed by atoms with van der Waals surface area (Å²) in [5, 5.41) is 7.44. The van der Waals surface area contributed by atoms with Gasteiger partial charge in [0.15, 0.2) is 0 Å². The third-order valence-electron chi connectivity index (χ3n) is 3.57. The number of ether oxygens (including phenoxy) is 1. The molecule has 1 aliphatic rings. The van der Waals surface area contributed by atoms with E-state index in [1.165, 1.54) is 6.47 Å². The van der Waals surface area contributed by atoms with Crippen LogP contribution in [0.15, 0.2) is 12.3 Å². The Hall–Kier alpha value is -0.835. The van der Waals surface area contributed by atoms with Gasteiger partial charge < -0.3 is 45.4 Å². The summed E-state index contributed by atoms with van der Waals surface area (Å²) in [7, 11) is -2.78. The normalized spacial score (nSPS) is 13.3. The van der Waals surface area contributed by atoms with Crippen molar-refractivity contribution < 1.29 is 60.5 Å². The Bertz CT molecular complexity index is 720. The Balaban J connectivity index is -0.000000427. The largest absolute Gasteiger partial charge is 1.00 e. The van der Waals surface area contributed by atoms with E-state index < -0.39 is 9.84 Å². The van der Waals surface area contributed by atoms with Gasteiger partial charge in [0, 0.05) is 12.0 Å². The van der Waals surface area contributed by atoms with E-state index in [4.69, 9.17) is 0 Å². The Morgan fingerprint density at radius 2 is 1.91 bits per heavy atom. The fraction of sp³-hybridized carbons (Fsp3) is 0.571. The maximum Gasteiger partial charge on any atom is 1.00 e. The van der Waals surface area contributed by atoms with Crippen LogP contribution in [0.2, 0.25) is 0 Å². The summed E-state index contributed by atoms with van der Waals surface area (Å²) in [5.74, 6) is 0.303. The number of carbonyl (C=O) groups excluding carboxylic acids is 2. The van der Waals surface area contributed by atoms with Crippen LogP contribution in [0.3, 0.4) is 0 Å². The standard InChI is InChI=1S/C11H12N3O.C5H11O2S.C5H9O2.2Li/c15-9-10-7-11(8-12-13-10)14-5-3-1-2-4-6-14;1-3-5-8(6,7)4-2;1-5(2,3)7-4-6;;/h1,4,7-8H,2-3,5-6H2;2-5H2,1H3;1-3H3;;/q-3;2*-1;2*+1. The summed E-state index contributed by atoms with van der Waals surface area (Å²) in [4.78, 5) is 22.1. The minimum atomic E-state index is -2.78. The summed E-state index contributed by atoms with van der Waals surface area (Å²) in [6, 6.07) is 1.72. The molecule has 0 aromatic carbocycles. The fourth-order valence-electron chi connectivity index (χ4n) is 2.16. The van der Waals surface area contributed by atoms with Crippen molar-refractivity contribution >= 4 is 28.3 Å². The van der Waals surface area contributed by atoms with Gasteiger partial charge in [0.05, 0.1) is 11.8 Å². The van der Waals surface area contributed by atoms with Crippen molar-refractivity contribution in [1.82, 2.24) is 10.2 Å². The van der Waals surface area contributed by atoms with Crippen LogP contribution in [-0.4, -0.2) is 61.6 Å². The molecular weight excluding hydrogens is 420 g/mol. The van der Waals surface area contributed by atoms with Crippen LogP contribution in [0.4, 0.5) is 5.69 Å². The number of anilines is 1. The van der Waals surface area contributed by atoms with Crippen molar-refractivity contribution in [1.29, 1.82) is 0 Å². The Morgan fingerprint density at radius 1 is 1.25 bits per heavy atom. The number of hydrogen-bond donors (Lipinski definition) is 0. The van der Waals surface area contributed by atoms with E-state index in [0.29, 0.717) is 6.42 Å². The molecule has 172 valence electrons. The van der Waals surface area contributed by atoms with Gasteiger partial charge >= 0.3 is 37.7 Å². The summed E-state index contributed by atoms with van der Waals surface area (Å²) in [6.07, 6.45) is 10.7. The van der Waals surface area contributed by atoms with Crippen molar-refractivity contribution in [3.05, 3.63) is 37.7 Å². The Morgan fingerprint density at radius 3 is 2.34 bits per heavy atom. The fourth-order valence-corrected chi connectivity index (χ4v) is 2.98. The zero-order valence-corrected chi connectivity index (χ0v) is 21.1. The first-order chi connectivity index (χ1) is 14.1. The number of nitrogens with zero attached hydrogens (tertiary/aromatic N) is 3. The predicted octanol–water partition coefficient (Wildman–Crippen LogP) is -3.53. The van der Waals surface area contributed by atoms with Gasteiger partial charge in [-0.05, 0) is 45.1 Å². The van der Waals surface area contributed by atoms with Crippen molar-refractivity contribution in [2.75, 3.05) is 29.5 Å². The van der Waals surface area contributed by atoms with Gasteiger partial charge in [0.25, 0.3) is 0 Å². The van der Waals surface area contributed by atoms with Gasteiger partial charge in [-0.25, -0.2) is 8.42 Å². The molecule has 8 nitrogen and oxygen atoms in total. The SMILES string of the molecule is CC(C)(C)O[C-]=O.O=[C-]c1cc(N2C[CH-]C[CH-]CC2)cnn1.[CH2-]CS(=O)(=O)CCC.[Li+].[Li+]. The molecule has 1 aromatic heterocycles. The van der Waals surface area contributed by atoms with E-state index >= 15 is 0 Å². The number of aromatic nitrogens is 2.